The van der Waals surface area contributed by atoms with Crippen LogP contribution in [-0.4, -0.2) is 25.3 Å². The third-order valence-corrected chi connectivity index (χ3v) is 6.04. The predicted octanol–water partition coefficient (Wildman–Crippen LogP) is 5.92. The van der Waals surface area contributed by atoms with E-state index in [1.54, 1.807) is 38.5 Å². The first kappa shape index (κ1) is 21.0. The standard InChI is InChI=1S/C25H30O4/c1-24(2)13-14-25(3,4)21-20(24)19(28-5)15-18(22(21)29-6)12-9-16-7-10-17(11-8-16)23(26)27/h7-12,15H,13-14H2,1-6H3,(H,26,27). The quantitative estimate of drug-likeness (QED) is 0.640. The van der Waals surface area contributed by atoms with Gasteiger partial charge >= 0.3 is 5.97 Å². The molecule has 0 aliphatic heterocycles. The van der Waals surface area contributed by atoms with Gasteiger partial charge in [0.25, 0.3) is 0 Å². The molecule has 4 heteroatoms. The highest BCUT2D eigenvalue weighted by Crippen LogP contribution is 2.54. The van der Waals surface area contributed by atoms with E-state index in [4.69, 9.17) is 14.6 Å². The summed E-state index contributed by atoms with van der Waals surface area (Å²) < 4.78 is 11.7. The zero-order chi connectivity index (χ0) is 21.4. The van der Waals surface area contributed by atoms with Gasteiger partial charge in [0.15, 0.2) is 0 Å². The highest BCUT2D eigenvalue weighted by molar-refractivity contribution is 5.88. The second kappa shape index (κ2) is 7.58. The lowest BCUT2D eigenvalue weighted by atomic mass is 9.62. The molecular weight excluding hydrogens is 364 g/mol. The van der Waals surface area contributed by atoms with E-state index in [1.807, 2.05) is 18.2 Å². The van der Waals surface area contributed by atoms with Gasteiger partial charge in [-0.15, -0.1) is 0 Å². The predicted molar refractivity (Wildman–Crippen MR) is 117 cm³/mol. The Morgan fingerprint density at radius 3 is 2.03 bits per heavy atom. The summed E-state index contributed by atoms with van der Waals surface area (Å²) >= 11 is 0. The van der Waals surface area contributed by atoms with Gasteiger partial charge in [-0.25, -0.2) is 4.79 Å². The third-order valence-electron chi connectivity index (χ3n) is 6.04. The Balaban J connectivity index is 2.14. The molecule has 0 saturated heterocycles. The van der Waals surface area contributed by atoms with Crippen LogP contribution in [0.3, 0.4) is 0 Å². The van der Waals surface area contributed by atoms with Crippen molar-refractivity contribution in [3.63, 3.8) is 0 Å². The van der Waals surface area contributed by atoms with Gasteiger partial charge in [-0.3, -0.25) is 0 Å². The number of hydrogen-bond donors (Lipinski definition) is 1. The Kier molecular flexibility index (Phi) is 5.48. The number of fused-ring (bicyclic) bond motifs is 1. The Labute approximate surface area is 173 Å². The lowest BCUT2D eigenvalue weighted by Gasteiger charge is -2.43. The molecule has 0 fully saturated rings. The van der Waals surface area contributed by atoms with Gasteiger partial charge in [0.05, 0.1) is 19.8 Å². The minimum atomic E-state index is -0.925. The van der Waals surface area contributed by atoms with E-state index in [0.29, 0.717) is 0 Å². The molecule has 29 heavy (non-hydrogen) atoms. The zero-order valence-electron chi connectivity index (χ0n) is 18.1. The molecule has 1 aliphatic rings. The molecule has 0 spiro atoms. The van der Waals surface area contributed by atoms with Gasteiger partial charge in [-0.2, -0.15) is 0 Å². The number of hydrogen-bond acceptors (Lipinski definition) is 3. The van der Waals surface area contributed by atoms with Crippen LogP contribution >= 0.6 is 0 Å². The summed E-state index contributed by atoms with van der Waals surface area (Å²) in [5.74, 6) is 0.850. The maximum Gasteiger partial charge on any atom is 0.335 e. The molecule has 1 N–H and O–H groups in total. The van der Waals surface area contributed by atoms with Crippen molar-refractivity contribution in [3.8, 4) is 11.5 Å². The molecule has 154 valence electrons. The lowest BCUT2D eigenvalue weighted by Crippen LogP contribution is -2.35. The van der Waals surface area contributed by atoms with Crippen LogP contribution in [0.15, 0.2) is 30.3 Å². The summed E-state index contributed by atoms with van der Waals surface area (Å²) in [5, 5.41) is 9.07. The maximum atomic E-state index is 11.0. The number of carbonyl (C=O) groups is 1. The molecule has 3 rings (SSSR count). The molecule has 0 heterocycles. The summed E-state index contributed by atoms with van der Waals surface area (Å²) in [4.78, 5) is 11.0. The monoisotopic (exact) mass is 394 g/mol. The van der Waals surface area contributed by atoms with E-state index in [-0.39, 0.29) is 16.4 Å². The van der Waals surface area contributed by atoms with Crippen molar-refractivity contribution < 1.29 is 19.4 Å². The second-order valence-electron chi connectivity index (χ2n) is 8.98. The molecular formula is C25H30O4. The first-order chi connectivity index (χ1) is 13.6. The molecule has 0 unspecified atom stereocenters. The minimum absolute atomic E-state index is 0.0123. The molecule has 0 bridgehead atoms. The molecule has 0 radical (unpaired) electrons. The van der Waals surface area contributed by atoms with Crippen LogP contribution in [-0.2, 0) is 10.8 Å². The van der Waals surface area contributed by atoms with Crippen molar-refractivity contribution in [1.82, 2.24) is 0 Å². The van der Waals surface area contributed by atoms with Crippen LogP contribution in [0.2, 0.25) is 0 Å². The normalized spacial score (nSPS) is 17.0. The Morgan fingerprint density at radius 1 is 0.931 bits per heavy atom. The van der Waals surface area contributed by atoms with Crippen molar-refractivity contribution in [2.45, 2.75) is 51.4 Å². The average molecular weight is 395 g/mol. The molecule has 4 nitrogen and oxygen atoms in total. The maximum absolute atomic E-state index is 11.0. The fraction of sp³-hybridized carbons (Fsp3) is 0.400. The van der Waals surface area contributed by atoms with Gasteiger partial charge in [0.1, 0.15) is 11.5 Å². The summed E-state index contributed by atoms with van der Waals surface area (Å²) in [6.07, 6.45) is 6.15. The van der Waals surface area contributed by atoms with Crippen LogP contribution in [0.4, 0.5) is 0 Å². The van der Waals surface area contributed by atoms with Crippen molar-refractivity contribution in [1.29, 1.82) is 0 Å². The number of carboxylic acid groups (broad SMARTS) is 1. The van der Waals surface area contributed by atoms with Crippen LogP contribution in [0.1, 0.15) is 73.1 Å². The fourth-order valence-electron chi connectivity index (χ4n) is 4.28. The van der Waals surface area contributed by atoms with Crippen LogP contribution < -0.4 is 9.47 Å². The SMILES string of the molecule is COc1cc(C=Cc2ccc(C(=O)O)cc2)c(OC)c2c1C(C)(C)CCC2(C)C. The van der Waals surface area contributed by atoms with Gasteiger partial charge < -0.3 is 14.6 Å². The Morgan fingerprint density at radius 2 is 1.52 bits per heavy atom. The van der Waals surface area contributed by atoms with Crippen molar-refractivity contribution in [3.05, 3.63) is 58.1 Å². The van der Waals surface area contributed by atoms with Crippen molar-refractivity contribution in [2.24, 2.45) is 0 Å². The number of methoxy groups -OCH3 is 2. The molecule has 2 aromatic rings. The van der Waals surface area contributed by atoms with E-state index in [1.165, 1.54) is 11.1 Å². The van der Waals surface area contributed by atoms with Crippen LogP contribution in [0.5, 0.6) is 11.5 Å². The van der Waals surface area contributed by atoms with E-state index in [2.05, 4.69) is 27.7 Å². The largest absolute Gasteiger partial charge is 0.496 e. The molecule has 2 aromatic carbocycles. The smallest absolute Gasteiger partial charge is 0.335 e. The zero-order valence-corrected chi connectivity index (χ0v) is 18.1. The Hall–Kier alpha value is -2.75. The van der Waals surface area contributed by atoms with E-state index in [9.17, 15) is 4.79 Å². The average Bonchev–Trinajstić information content (AvgIpc) is 2.69. The van der Waals surface area contributed by atoms with Crippen molar-refractivity contribution >= 4 is 18.1 Å². The second-order valence-corrected chi connectivity index (χ2v) is 8.98. The highest BCUT2D eigenvalue weighted by Gasteiger charge is 2.42. The van der Waals surface area contributed by atoms with Gasteiger partial charge in [0.2, 0.25) is 0 Å². The van der Waals surface area contributed by atoms with E-state index in [0.717, 1.165) is 35.5 Å². The van der Waals surface area contributed by atoms with Crippen LogP contribution in [0, 0.1) is 0 Å². The molecule has 0 atom stereocenters. The number of rotatable bonds is 5. The molecule has 0 amide bonds. The lowest BCUT2D eigenvalue weighted by molar-refractivity contribution is 0.0697. The fourth-order valence-corrected chi connectivity index (χ4v) is 4.28. The van der Waals surface area contributed by atoms with Crippen LogP contribution in [0.25, 0.3) is 12.2 Å². The highest BCUT2D eigenvalue weighted by atomic mass is 16.5. The first-order valence-electron chi connectivity index (χ1n) is 9.92. The van der Waals surface area contributed by atoms with Crippen molar-refractivity contribution in [2.75, 3.05) is 14.2 Å². The topological polar surface area (TPSA) is 55.8 Å². The van der Waals surface area contributed by atoms with Gasteiger partial charge in [-0.1, -0.05) is 52.0 Å². The summed E-state index contributed by atoms with van der Waals surface area (Å²) in [6.45, 7) is 9.06. The number of carboxylic acids is 1. The van der Waals surface area contributed by atoms with Gasteiger partial charge in [0, 0.05) is 16.7 Å². The summed E-state index contributed by atoms with van der Waals surface area (Å²) in [6, 6.07) is 8.86. The van der Waals surface area contributed by atoms with E-state index < -0.39 is 5.97 Å². The first-order valence-corrected chi connectivity index (χ1v) is 9.92. The number of aromatic carboxylic acids is 1. The van der Waals surface area contributed by atoms with Gasteiger partial charge in [-0.05, 0) is 47.4 Å². The van der Waals surface area contributed by atoms with E-state index >= 15 is 0 Å². The third kappa shape index (κ3) is 3.89. The number of benzene rings is 2. The Bertz CT molecular complexity index is 950. The summed E-state index contributed by atoms with van der Waals surface area (Å²) in [5.41, 5.74) is 4.60. The minimum Gasteiger partial charge on any atom is -0.496 e. The molecule has 0 aromatic heterocycles. The molecule has 0 saturated carbocycles. The summed E-state index contributed by atoms with van der Waals surface area (Å²) in [7, 11) is 3.44. The number of ether oxygens (including phenoxy) is 2. The molecule has 1 aliphatic carbocycles.